The van der Waals surface area contributed by atoms with Gasteiger partial charge in [0.1, 0.15) is 0 Å². The highest BCUT2D eigenvalue weighted by Gasteiger charge is 2.27. The Morgan fingerprint density at radius 1 is 1.42 bits per heavy atom. The number of nitrogens with one attached hydrogen (secondary N) is 1. The first-order chi connectivity index (χ1) is 11.1. The third kappa shape index (κ3) is 4.77. The summed E-state index contributed by atoms with van der Waals surface area (Å²) in [5, 5.41) is 5.34. The van der Waals surface area contributed by atoms with E-state index < -0.39 is 6.04 Å². The van der Waals surface area contributed by atoms with Crippen LogP contribution in [0.5, 0.6) is 0 Å². The van der Waals surface area contributed by atoms with Gasteiger partial charge in [0.05, 0.1) is 11.7 Å². The molecular weight excluding hydrogens is 414 g/mol. The zero-order valence-electron chi connectivity index (χ0n) is 12.9. The van der Waals surface area contributed by atoms with Crippen LogP contribution < -0.4 is 11.1 Å². The normalized spacial score (nSPS) is 16.2. The molecule has 1 amide bonds. The molecule has 1 fully saturated rings. The van der Waals surface area contributed by atoms with Gasteiger partial charge in [0.25, 0.3) is 0 Å². The Bertz CT molecular complexity index is 691. The highest BCUT2D eigenvalue weighted by Crippen LogP contribution is 2.27. The SMILES string of the molecule is Cl.NC(C(=O)Nc1nc(-c2cccc(Br)c2)cs1)C1CCOCC1. The number of ether oxygens (including phenoxy) is 1. The monoisotopic (exact) mass is 431 g/mol. The fourth-order valence-electron chi connectivity index (χ4n) is 2.59. The molecule has 130 valence electrons. The molecule has 1 aromatic heterocycles. The molecule has 1 atom stereocenters. The average Bonchev–Trinajstić information content (AvgIpc) is 3.03. The summed E-state index contributed by atoms with van der Waals surface area (Å²) in [6.45, 7) is 1.35. The maximum absolute atomic E-state index is 12.3. The molecule has 0 spiro atoms. The van der Waals surface area contributed by atoms with Gasteiger partial charge in [-0.05, 0) is 30.9 Å². The molecule has 1 unspecified atom stereocenters. The number of hydrogen-bond acceptors (Lipinski definition) is 5. The first-order valence-corrected chi connectivity index (χ1v) is 9.16. The van der Waals surface area contributed by atoms with E-state index in [1.54, 1.807) is 0 Å². The van der Waals surface area contributed by atoms with Crippen molar-refractivity contribution in [1.29, 1.82) is 0 Å². The Morgan fingerprint density at radius 2 is 2.17 bits per heavy atom. The fourth-order valence-corrected chi connectivity index (χ4v) is 3.71. The number of halogens is 2. The van der Waals surface area contributed by atoms with Crippen molar-refractivity contribution in [3.63, 3.8) is 0 Å². The van der Waals surface area contributed by atoms with E-state index in [1.165, 1.54) is 11.3 Å². The van der Waals surface area contributed by atoms with Gasteiger partial charge in [0.2, 0.25) is 5.91 Å². The van der Waals surface area contributed by atoms with Gasteiger partial charge in [0, 0.05) is 28.6 Å². The molecule has 0 radical (unpaired) electrons. The van der Waals surface area contributed by atoms with Gasteiger partial charge in [-0.15, -0.1) is 23.7 Å². The molecular formula is C16H19BrClN3O2S. The van der Waals surface area contributed by atoms with E-state index in [2.05, 4.69) is 26.2 Å². The largest absolute Gasteiger partial charge is 0.381 e. The number of amides is 1. The van der Waals surface area contributed by atoms with Crippen molar-refractivity contribution in [1.82, 2.24) is 4.98 Å². The first kappa shape index (κ1) is 19.3. The van der Waals surface area contributed by atoms with Crippen molar-refractivity contribution in [3.05, 3.63) is 34.1 Å². The lowest BCUT2D eigenvalue weighted by atomic mass is 9.92. The summed E-state index contributed by atoms with van der Waals surface area (Å²) in [6, 6.07) is 7.38. The Balaban J connectivity index is 0.00000208. The third-order valence-electron chi connectivity index (χ3n) is 3.93. The van der Waals surface area contributed by atoms with E-state index in [-0.39, 0.29) is 24.2 Å². The minimum absolute atomic E-state index is 0. The maximum atomic E-state index is 12.3. The van der Waals surface area contributed by atoms with Crippen LogP contribution in [0.2, 0.25) is 0 Å². The molecule has 0 bridgehead atoms. The Kier molecular flexibility index (Phi) is 7.18. The summed E-state index contributed by atoms with van der Waals surface area (Å²) < 4.78 is 6.30. The number of hydrogen-bond donors (Lipinski definition) is 2. The summed E-state index contributed by atoms with van der Waals surface area (Å²) in [6.07, 6.45) is 1.66. The highest BCUT2D eigenvalue weighted by molar-refractivity contribution is 9.10. The molecule has 1 aliphatic heterocycles. The van der Waals surface area contributed by atoms with Gasteiger partial charge in [-0.1, -0.05) is 28.1 Å². The van der Waals surface area contributed by atoms with Gasteiger partial charge in [-0.25, -0.2) is 4.98 Å². The van der Waals surface area contributed by atoms with Crippen LogP contribution in [-0.4, -0.2) is 30.1 Å². The molecule has 1 aromatic carbocycles. The van der Waals surface area contributed by atoms with Crippen molar-refractivity contribution in [2.24, 2.45) is 11.7 Å². The predicted molar refractivity (Wildman–Crippen MR) is 103 cm³/mol. The van der Waals surface area contributed by atoms with Gasteiger partial charge in [0.15, 0.2) is 5.13 Å². The summed E-state index contributed by atoms with van der Waals surface area (Å²) in [5.74, 6) is 0.000281. The van der Waals surface area contributed by atoms with Crippen molar-refractivity contribution in [2.45, 2.75) is 18.9 Å². The van der Waals surface area contributed by atoms with Crippen LogP contribution in [-0.2, 0) is 9.53 Å². The van der Waals surface area contributed by atoms with Gasteiger partial charge in [-0.2, -0.15) is 0 Å². The van der Waals surface area contributed by atoms with Crippen molar-refractivity contribution < 1.29 is 9.53 Å². The lowest BCUT2D eigenvalue weighted by molar-refractivity contribution is -0.119. The first-order valence-electron chi connectivity index (χ1n) is 7.49. The van der Waals surface area contributed by atoms with E-state index in [9.17, 15) is 4.79 Å². The van der Waals surface area contributed by atoms with Crippen molar-refractivity contribution >= 4 is 50.7 Å². The quantitative estimate of drug-likeness (QED) is 0.772. The van der Waals surface area contributed by atoms with Gasteiger partial charge >= 0.3 is 0 Å². The van der Waals surface area contributed by atoms with Crippen LogP contribution in [0.3, 0.4) is 0 Å². The van der Waals surface area contributed by atoms with Crippen LogP contribution >= 0.6 is 39.7 Å². The zero-order valence-corrected chi connectivity index (χ0v) is 16.1. The minimum atomic E-state index is -0.517. The molecule has 8 heteroatoms. The molecule has 0 saturated carbocycles. The van der Waals surface area contributed by atoms with E-state index in [1.807, 2.05) is 29.6 Å². The second-order valence-corrected chi connectivity index (χ2v) is 7.29. The van der Waals surface area contributed by atoms with E-state index in [4.69, 9.17) is 10.5 Å². The molecule has 2 heterocycles. The average molecular weight is 433 g/mol. The zero-order chi connectivity index (χ0) is 16.2. The molecule has 2 aromatic rings. The second kappa shape index (κ2) is 8.92. The number of thiazole rings is 1. The number of carbonyl (C=O) groups is 1. The van der Waals surface area contributed by atoms with E-state index in [0.717, 1.165) is 28.6 Å². The Morgan fingerprint density at radius 3 is 2.88 bits per heavy atom. The molecule has 1 saturated heterocycles. The highest BCUT2D eigenvalue weighted by atomic mass is 79.9. The predicted octanol–water partition coefficient (Wildman–Crippen LogP) is 3.69. The number of rotatable bonds is 4. The number of nitrogens with two attached hydrogens (primary N) is 1. The maximum Gasteiger partial charge on any atom is 0.243 e. The minimum Gasteiger partial charge on any atom is -0.381 e. The summed E-state index contributed by atoms with van der Waals surface area (Å²) >= 11 is 4.85. The molecule has 3 rings (SSSR count). The number of anilines is 1. The van der Waals surface area contributed by atoms with Crippen molar-refractivity contribution in [3.8, 4) is 11.3 Å². The summed E-state index contributed by atoms with van der Waals surface area (Å²) in [7, 11) is 0. The number of benzene rings is 1. The second-order valence-electron chi connectivity index (χ2n) is 5.51. The third-order valence-corrected chi connectivity index (χ3v) is 5.18. The molecule has 3 N–H and O–H groups in total. The van der Waals surface area contributed by atoms with E-state index in [0.29, 0.717) is 18.3 Å². The lowest BCUT2D eigenvalue weighted by Gasteiger charge is -2.26. The number of aromatic nitrogens is 1. The van der Waals surface area contributed by atoms with E-state index >= 15 is 0 Å². The van der Waals surface area contributed by atoms with Crippen LogP contribution in [0.4, 0.5) is 5.13 Å². The molecule has 5 nitrogen and oxygen atoms in total. The van der Waals surface area contributed by atoms with Crippen molar-refractivity contribution in [2.75, 3.05) is 18.5 Å². The number of carbonyl (C=O) groups excluding carboxylic acids is 1. The van der Waals surface area contributed by atoms with Crippen LogP contribution in [0.25, 0.3) is 11.3 Å². The fraction of sp³-hybridized carbons (Fsp3) is 0.375. The van der Waals surface area contributed by atoms with Crippen LogP contribution in [0.15, 0.2) is 34.1 Å². The van der Waals surface area contributed by atoms with Gasteiger partial charge in [-0.3, -0.25) is 4.79 Å². The Hall–Kier alpha value is -0.990. The summed E-state index contributed by atoms with van der Waals surface area (Å²) in [4.78, 5) is 16.8. The number of nitrogens with zero attached hydrogens (tertiary/aromatic N) is 1. The smallest absolute Gasteiger partial charge is 0.243 e. The summed E-state index contributed by atoms with van der Waals surface area (Å²) in [5.41, 5.74) is 7.92. The van der Waals surface area contributed by atoms with Gasteiger partial charge < -0.3 is 15.8 Å². The van der Waals surface area contributed by atoms with Crippen LogP contribution in [0, 0.1) is 5.92 Å². The lowest BCUT2D eigenvalue weighted by Crippen LogP contribution is -2.43. The topological polar surface area (TPSA) is 77.2 Å². The molecule has 24 heavy (non-hydrogen) atoms. The Labute approximate surface area is 159 Å². The van der Waals surface area contributed by atoms with Crippen LogP contribution in [0.1, 0.15) is 12.8 Å². The standard InChI is InChI=1S/C16H18BrN3O2S.ClH/c17-12-3-1-2-11(8-12)13-9-23-16(19-13)20-15(21)14(18)10-4-6-22-7-5-10;/h1-3,8-10,14H,4-7,18H2,(H,19,20,21);1H. The molecule has 1 aliphatic rings. The molecule has 0 aliphatic carbocycles.